The van der Waals surface area contributed by atoms with Gasteiger partial charge in [0, 0.05) is 39.8 Å². The highest BCUT2D eigenvalue weighted by Gasteiger charge is 2.33. The molecule has 1 N–H and O–H groups in total. The predicted octanol–water partition coefficient (Wildman–Crippen LogP) is 0.0303. The number of carbonyl (C=O) groups is 2. The number of carbonyl (C=O) groups excluding carboxylic acids is 1. The second-order valence-electron chi connectivity index (χ2n) is 4.99. The Morgan fingerprint density at radius 3 is 2.22 bits per heavy atom. The molecule has 1 saturated heterocycles. The van der Waals surface area contributed by atoms with Crippen molar-refractivity contribution in [2.75, 3.05) is 39.8 Å². The molecule has 0 saturated carbocycles. The molecule has 0 unspecified atom stereocenters. The van der Waals surface area contributed by atoms with E-state index in [0.717, 1.165) is 13.1 Å². The molecule has 0 spiro atoms. The molecule has 0 aromatic heterocycles. The minimum absolute atomic E-state index is 0.0112. The molecule has 18 heavy (non-hydrogen) atoms. The van der Waals surface area contributed by atoms with Gasteiger partial charge in [0.1, 0.15) is 5.60 Å². The van der Waals surface area contributed by atoms with Crippen LogP contribution in [0.3, 0.4) is 0 Å². The molecule has 0 aliphatic carbocycles. The smallest absolute Gasteiger partial charge is 0.304 e. The maximum Gasteiger partial charge on any atom is 0.304 e. The van der Waals surface area contributed by atoms with E-state index in [0.29, 0.717) is 19.6 Å². The normalized spacial score (nSPS) is 17.8. The molecule has 1 aliphatic rings. The molecule has 1 heterocycles. The van der Waals surface area contributed by atoms with Crippen molar-refractivity contribution in [3.8, 4) is 0 Å². The molecule has 0 aromatic carbocycles. The molecule has 1 rings (SSSR count). The van der Waals surface area contributed by atoms with E-state index in [-0.39, 0.29) is 12.3 Å². The fourth-order valence-electron chi connectivity index (χ4n) is 1.90. The van der Waals surface area contributed by atoms with Crippen LogP contribution in [-0.2, 0) is 14.3 Å². The number of nitrogens with zero attached hydrogens (tertiary/aromatic N) is 2. The number of hydrogen-bond acceptors (Lipinski definition) is 4. The summed E-state index contributed by atoms with van der Waals surface area (Å²) in [6.07, 6.45) is 0.150. The van der Waals surface area contributed by atoms with E-state index < -0.39 is 11.6 Å². The molecule has 6 heteroatoms. The first-order chi connectivity index (χ1) is 8.36. The molecule has 104 valence electrons. The molecular weight excluding hydrogens is 236 g/mol. The lowest BCUT2D eigenvalue weighted by Crippen LogP contribution is -2.54. The van der Waals surface area contributed by atoms with Crippen LogP contribution in [0.25, 0.3) is 0 Å². The number of amides is 1. The Hall–Kier alpha value is -1.14. The monoisotopic (exact) mass is 258 g/mol. The average Bonchev–Trinajstić information content (AvgIpc) is 2.36. The lowest BCUT2D eigenvalue weighted by molar-refractivity contribution is -0.153. The standard InChI is InChI=1S/C12H22N2O4/c1-12(2,18-3)11(17)14-8-6-13(7-9-14)5-4-10(15)16/h4-9H2,1-3H3,(H,15,16). The van der Waals surface area contributed by atoms with Gasteiger partial charge in [0.05, 0.1) is 6.42 Å². The summed E-state index contributed by atoms with van der Waals surface area (Å²) in [5, 5.41) is 8.62. The Morgan fingerprint density at radius 1 is 1.22 bits per heavy atom. The maximum absolute atomic E-state index is 12.1. The van der Waals surface area contributed by atoms with Crippen LogP contribution in [0, 0.1) is 0 Å². The van der Waals surface area contributed by atoms with Gasteiger partial charge in [0.2, 0.25) is 0 Å². The Kier molecular flexibility index (Phi) is 5.10. The van der Waals surface area contributed by atoms with Crippen LogP contribution in [0.15, 0.2) is 0 Å². The van der Waals surface area contributed by atoms with E-state index in [9.17, 15) is 9.59 Å². The summed E-state index contributed by atoms with van der Waals surface area (Å²) in [4.78, 5) is 26.4. The molecule has 0 bridgehead atoms. The van der Waals surface area contributed by atoms with Crippen molar-refractivity contribution in [1.82, 2.24) is 9.80 Å². The molecule has 1 amide bonds. The molecule has 6 nitrogen and oxygen atoms in total. The van der Waals surface area contributed by atoms with Gasteiger partial charge in [-0.2, -0.15) is 0 Å². The largest absolute Gasteiger partial charge is 0.481 e. The average molecular weight is 258 g/mol. The molecular formula is C12H22N2O4. The summed E-state index contributed by atoms with van der Waals surface area (Å²) in [6, 6.07) is 0. The summed E-state index contributed by atoms with van der Waals surface area (Å²) in [5.41, 5.74) is -0.788. The van der Waals surface area contributed by atoms with E-state index in [1.807, 2.05) is 0 Å². The van der Waals surface area contributed by atoms with Crippen molar-refractivity contribution in [1.29, 1.82) is 0 Å². The van der Waals surface area contributed by atoms with Crippen molar-refractivity contribution >= 4 is 11.9 Å². The van der Waals surface area contributed by atoms with Gasteiger partial charge in [-0.15, -0.1) is 0 Å². The number of piperazine rings is 1. The van der Waals surface area contributed by atoms with Gasteiger partial charge >= 0.3 is 5.97 Å². The number of aliphatic carboxylic acids is 1. The maximum atomic E-state index is 12.1. The van der Waals surface area contributed by atoms with Crippen molar-refractivity contribution in [2.45, 2.75) is 25.9 Å². The van der Waals surface area contributed by atoms with Crippen LogP contribution in [0.5, 0.6) is 0 Å². The van der Waals surface area contributed by atoms with E-state index >= 15 is 0 Å². The summed E-state index contributed by atoms with van der Waals surface area (Å²) in [7, 11) is 1.53. The summed E-state index contributed by atoms with van der Waals surface area (Å²) in [6.45, 7) is 6.76. The Morgan fingerprint density at radius 2 is 1.78 bits per heavy atom. The van der Waals surface area contributed by atoms with Crippen molar-refractivity contribution < 1.29 is 19.4 Å². The fraction of sp³-hybridized carbons (Fsp3) is 0.833. The Labute approximate surface area is 107 Å². The van der Waals surface area contributed by atoms with Crippen molar-refractivity contribution in [3.63, 3.8) is 0 Å². The highest BCUT2D eigenvalue weighted by Crippen LogP contribution is 2.14. The van der Waals surface area contributed by atoms with E-state index in [4.69, 9.17) is 9.84 Å². The van der Waals surface area contributed by atoms with Gasteiger partial charge in [-0.25, -0.2) is 0 Å². The second-order valence-corrected chi connectivity index (χ2v) is 4.99. The first kappa shape index (κ1) is 14.9. The summed E-state index contributed by atoms with van der Waals surface area (Å²) >= 11 is 0. The van der Waals surface area contributed by atoms with Crippen molar-refractivity contribution in [3.05, 3.63) is 0 Å². The van der Waals surface area contributed by atoms with E-state index in [1.54, 1.807) is 18.7 Å². The molecule has 0 atom stereocenters. The highest BCUT2D eigenvalue weighted by atomic mass is 16.5. The third kappa shape index (κ3) is 3.96. The first-order valence-corrected chi connectivity index (χ1v) is 6.15. The van der Waals surface area contributed by atoms with Crippen LogP contribution in [0.4, 0.5) is 0 Å². The number of methoxy groups -OCH3 is 1. The summed E-state index contributed by atoms with van der Waals surface area (Å²) in [5.74, 6) is -0.795. The SMILES string of the molecule is COC(C)(C)C(=O)N1CCN(CCC(=O)O)CC1. The topological polar surface area (TPSA) is 70.1 Å². The number of ether oxygens (including phenoxy) is 1. The van der Waals surface area contributed by atoms with Crippen LogP contribution < -0.4 is 0 Å². The molecule has 0 radical (unpaired) electrons. The predicted molar refractivity (Wildman–Crippen MR) is 66.4 cm³/mol. The Bertz CT molecular complexity index is 309. The third-order valence-electron chi connectivity index (χ3n) is 3.33. The zero-order valence-corrected chi connectivity index (χ0v) is 11.3. The van der Waals surface area contributed by atoms with Crippen LogP contribution >= 0.6 is 0 Å². The van der Waals surface area contributed by atoms with Crippen LogP contribution in [0.2, 0.25) is 0 Å². The quantitative estimate of drug-likeness (QED) is 0.753. The minimum Gasteiger partial charge on any atom is -0.481 e. The second kappa shape index (κ2) is 6.15. The number of carboxylic acids is 1. The van der Waals surface area contributed by atoms with Gasteiger partial charge in [-0.3, -0.25) is 14.5 Å². The summed E-state index contributed by atoms with van der Waals surface area (Å²) < 4.78 is 5.18. The third-order valence-corrected chi connectivity index (χ3v) is 3.33. The van der Waals surface area contributed by atoms with Gasteiger partial charge in [-0.1, -0.05) is 0 Å². The number of carboxylic acid groups (broad SMARTS) is 1. The zero-order chi connectivity index (χ0) is 13.8. The van der Waals surface area contributed by atoms with Gasteiger partial charge in [-0.05, 0) is 13.8 Å². The van der Waals surface area contributed by atoms with Gasteiger partial charge in [0.15, 0.2) is 0 Å². The lowest BCUT2D eigenvalue weighted by Gasteiger charge is -2.37. The fourth-order valence-corrected chi connectivity index (χ4v) is 1.90. The number of rotatable bonds is 5. The minimum atomic E-state index is -0.788. The van der Waals surface area contributed by atoms with Gasteiger partial charge in [0.25, 0.3) is 5.91 Å². The van der Waals surface area contributed by atoms with E-state index in [2.05, 4.69) is 4.90 Å². The Balaban J connectivity index is 2.39. The van der Waals surface area contributed by atoms with Gasteiger partial charge < -0.3 is 14.7 Å². The number of hydrogen-bond donors (Lipinski definition) is 1. The molecule has 0 aromatic rings. The van der Waals surface area contributed by atoms with Crippen molar-refractivity contribution in [2.24, 2.45) is 0 Å². The molecule has 1 fully saturated rings. The highest BCUT2D eigenvalue weighted by molar-refractivity contribution is 5.84. The molecule has 1 aliphatic heterocycles. The van der Waals surface area contributed by atoms with Crippen LogP contribution in [-0.4, -0.2) is 72.2 Å². The zero-order valence-electron chi connectivity index (χ0n) is 11.3. The van der Waals surface area contributed by atoms with E-state index in [1.165, 1.54) is 7.11 Å². The van der Waals surface area contributed by atoms with Crippen LogP contribution in [0.1, 0.15) is 20.3 Å². The lowest BCUT2D eigenvalue weighted by atomic mass is 10.1. The first-order valence-electron chi connectivity index (χ1n) is 6.15.